The minimum atomic E-state index is 1.28. The van der Waals surface area contributed by atoms with Crippen molar-refractivity contribution in [2.75, 3.05) is 0 Å². The molecule has 180 valence electrons. The quantitative estimate of drug-likeness (QED) is 0.166. The predicted octanol–water partition coefficient (Wildman–Crippen LogP) is 10.9. The summed E-state index contributed by atoms with van der Waals surface area (Å²) >= 11 is 0. The van der Waals surface area contributed by atoms with Gasteiger partial charge in [-0.25, -0.2) is 0 Å². The molecule has 1 saturated carbocycles. The third kappa shape index (κ3) is 6.20. The molecule has 0 aliphatic heterocycles. The topological polar surface area (TPSA) is 0 Å². The van der Waals surface area contributed by atoms with Gasteiger partial charge >= 0.3 is 0 Å². The zero-order valence-corrected chi connectivity index (χ0v) is 21.8. The second-order valence-electron chi connectivity index (χ2n) is 9.44. The Balaban J connectivity index is 0.000000141. The van der Waals surface area contributed by atoms with E-state index in [1.807, 2.05) is 13.0 Å². The van der Waals surface area contributed by atoms with Crippen LogP contribution in [0, 0.1) is 13.8 Å². The van der Waals surface area contributed by atoms with Gasteiger partial charge in [0.25, 0.3) is 0 Å². The lowest BCUT2D eigenvalue weighted by Gasteiger charge is -2.11. The monoisotopic (exact) mass is 468 g/mol. The van der Waals surface area contributed by atoms with Gasteiger partial charge in [-0.3, -0.25) is 0 Å². The summed E-state index contributed by atoms with van der Waals surface area (Å²) in [4.78, 5) is 0. The van der Waals surface area contributed by atoms with Gasteiger partial charge in [0.05, 0.1) is 0 Å². The average Bonchev–Trinajstić information content (AvgIpc) is 3.80. The lowest BCUT2D eigenvalue weighted by molar-refractivity contribution is 1.47. The molecular weight excluding hydrogens is 432 g/mol. The van der Waals surface area contributed by atoms with Crippen LogP contribution < -0.4 is 0 Å². The minimum absolute atomic E-state index is 1.28. The van der Waals surface area contributed by atoms with Gasteiger partial charge in [0.1, 0.15) is 0 Å². The molecule has 0 N–H and O–H groups in total. The molecule has 1 fully saturated rings. The van der Waals surface area contributed by atoms with E-state index >= 15 is 0 Å². The molecule has 36 heavy (non-hydrogen) atoms. The normalized spacial score (nSPS) is 11.5. The Kier molecular flexibility index (Phi) is 8.53. The first kappa shape index (κ1) is 25.2. The first-order valence-electron chi connectivity index (χ1n) is 12.9. The number of aryl methyl sites for hydroxylation is 2. The predicted molar refractivity (Wildman–Crippen MR) is 161 cm³/mol. The maximum atomic E-state index is 3.36. The Hall–Kier alpha value is -3.90. The molecule has 0 heterocycles. The zero-order valence-electron chi connectivity index (χ0n) is 21.8. The van der Waals surface area contributed by atoms with Crippen molar-refractivity contribution in [1.82, 2.24) is 0 Å². The zero-order chi connectivity index (χ0) is 25.3. The maximum absolute atomic E-state index is 3.36. The standard InChI is InChI=1S/C17H12.C13H12.2C3H6/c1-11-5-6-14-8-7-12-3-2-4-13-9-10-15(11)17(14)16(12)13;1-11-7-9-13(10-8-11)12-5-3-2-4-6-12;1-2-3-1;1-3-2/h2-10H,1H3;2-10H,1H3;1-3H2;3H,1H2,2H3. The summed E-state index contributed by atoms with van der Waals surface area (Å²) in [6.45, 7) is 9.54. The summed E-state index contributed by atoms with van der Waals surface area (Å²) in [5, 5.41) is 8.23. The maximum Gasteiger partial charge on any atom is -0.00241 e. The van der Waals surface area contributed by atoms with Crippen LogP contribution in [0.1, 0.15) is 37.3 Å². The first-order chi connectivity index (χ1) is 17.6. The van der Waals surface area contributed by atoms with Gasteiger partial charge in [0.2, 0.25) is 0 Å². The molecule has 0 aromatic heterocycles. The molecule has 0 spiro atoms. The molecule has 6 aromatic carbocycles. The summed E-state index contributed by atoms with van der Waals surface area (Å²) in [7, 11) is 0. The van der Waals surface area contributed by atoms with E-state index in [1.165, 1.54) is 73.8 Å². The highest BCUT2D eigenvalue weighted by Crippen LogP contribution is 2.35. The smallest absolute Gasteiger partial charge is 0.00241 e. The van der Waals surface area contributed by atoms with Gasteiger partial charge in [-0.15, -0.1) is 6.58 Å². The lowest BCUT2D eigenvalue weighted by Crippen LogP contribution is -1.85. The van der Waals surface area contributed by atoms with Gasteiger partial charge in [0.15, 0.2) is 0 Å². The molecule has 0 radical (unpaired) electrons. The molecule has 6 aromatic rings. The Morgan fingerprint density at radius 2 is 1.03 bits per heavy atom. The van der Waals surface area contributed by atoms with Crippen molar-refractivity contribution in [3.05, 3.63) is 133 Å². The highest BCUT2D eigenvalue weighted by molar-refractivity contribution is 6.23. The highest BCUT2D eigenvalue weighted by Gasteiger charge is 2.08. The molecule has 0 nitrogen and oxygen atoms in total. The molecule has 1 aliphatic rings. The molecule has 0 bridgehead atoms. The van der Waals surface area contributed by atoms with Gasteiger partial charge in [-0.05, 0) is 69.8 Å². The fourth-order valence-electron chi connectivity index (χ4n) is 4.26. The van der Waals surface area contributed by atoms with Gasteiger partial charge in [0, 0.05) is 0 Å². The summed E-state index contributed by atoms with van der Waals surface area (Å²) in [5.41, 5.74) is 5.23. The summed E-state index contributed by atoms with van der Waals surface area (Å²) in [6.07, 6.45) is 6.25. The van der Waals surface area contributed by atoms with Crippen LogP contribution in [0.4, 0.5) is 0 Å². The first-order valence-corrected chi connectivity index (χ1v) is 12.9. The second kappa shape index (κ2) is 12.2. The molecule has 7 rings (SSSR count). The van der Waals surface area contributed by atoms with Crippen LogP contribution in [0.5, 0.6) is 0 Å². The van der Waals surface area contributed by atoms with Crippen LogP contribution in [-0.2, 0) is 0 Å². The van der Waals surface area contributed by atoms with Crippen molar-refractivity contribution in [3.8, 4) is 11.1 Å². The third-order valence-corrected chi connectivity index (χ3v) is 6.26. The van der Waals surface area contributed by atoms with E-state index in [0.717, 1.165) is 0 Å². The van der Waals surface area contributed by atoms with E-state index in [-0.39, 0.29) is 0 Å². The van der Waals surface area contributed by atoms with Crippen LogP contribution in [0.2, 0.25) is 0 Å². The minimum Gasteiger partial charge on any atom is -0.103 e. The van der Waals surface area contributed by atoms with E-state index in [1.54, 1.807) is 6.08 Å². The van der Waals surface area contributed by atoms with E-state index in [9.17, 15) is 0 Å². The van der Waals surface area contributed by atoms with Crippen LogP contribution >= 0.6 is 0 Å². The van der Waals surface area contributed by atoms with Crippen molar-refractivity contribution in [3.63, 3.8) is 0 Å². The van der Waals surface area contributed by atoms with Crippen LogP contribution in [0.3, 0.4) is 0 Å². The van der Waals surface area contributed by atoms with Crippen molar-refractivity contribution < 1.29 is 0 Å². The average molecular weight is 469 g/mol. The Morgan fingerprint density at radius 3 is 1.61 bits per heavy atom. The van der Waals surface area contributed by atoms with E-state index in [4.69, 9.17) is 0 Å². The summed E-state index contributed by atoms with van der Waals surface area (Å²) in [6, 6.07) is 38.9. The van der Waals surface area contributed by atoms with Crippen molar-refractivity contribution in [2.45, 2.75) is 40.0 Å². The fraction of sp³-hybridized carbons (Fsp3) is 0.167. The molecule has 0 unspecified atom stereocenters. The molecule has 0 heteroatoms. The van der Waals surface area contributed by atoms with Crippen LogP contribution in [0.25, 0.3) is 43.4 Å². The highest BCUT2D eigenvalue weighted by atomic mass is 14.1. The van der Waals surface area contributed by atoms with E-state index < -0.39 is 0 Å². The number of hydrogen-bond acceptors (Lipinski definition) is 0. The van der Waals surface area contributed by atoms with Gasteiger partial charge in [-0.1, -0.05) is 140 Å². The Bertz CT molecular complexity index is 1500. The summed E-state index contributed by atoms with van der Waals surface area (Å²) < 4.78 is 0. The van der Waals surface area contributed by atoms with Gasteiger partial charge < -0.3 is 0 Å². The largest absolute Gasteiger partial charge is 0.103 e. The number of allylic oxidation sites excluding steroid dienone is 1. The number of hydrogen-bond donors (Lipinski definition) is 0. The molecule has 1 aliphatic carbocycles. The van der Waals surface area contributed by atoms with E-state index in [2.05, 4.69) is 124 Å². The van der Waals surface area contributed by atoms with Crippen molar-refractivity contribution in [1.29, 1.82) is 0 Å². The van der Waals surface area contributed by atoms with E-state index in [0.29, 0.717) is 0 Å². The van der Waals surface area contributed by atoms with Gasteiger partial charge in [-0.2, -0.15) is 0 Å². The molecule has 0 amide bonds. The van der Waals surface area contributed by atoms with Crippen molar-refractivity contribution >= 4 is 32.3 Å². The Labute approximate surface area is 216 Å². The molecular formula is C36H36. The van der Waals surface area contributed by atoms with Crippen molar-refractivity contribution in [2.24, 2.45) is 0 Å². The van der Waals surface area contributed by atoms with Crippen LogP contribution in [0.15, 0.2) is 122 Å². The number of rotatable bonds is 1. The molecule has 0 saturated heterocycles. The molecule has 0 atom stereocenters. The summed E-state index contributed by atoms with van der Waals surface area (Å²) in [5.74, 6) is 0. The Morgan fingerprint density at radius 1 is 0.528 bits per heavy atom. The lowest BCUT2D eigenvalue weighted by atomic mass is 9.92. The SMILES string of the molecule is C1CC1.C=CC.Cc1ccc(-c2ccccc2)cc1.Cc1ccc2ccc3cccc4ccc1c2c34. The number of benzene rings is 6. The fourth-order valence-corrected chi connectivity index (χ4v) is 4.26. The third-order valence-electron chi connectivity index (χ3n) is 6.26. The van der Waals surface area contributed by atoms with Crippen LogP contribution in [-0.4, -0.2) is 0 Å². The second-order valence-corrected chi connectivity index (χ2v) is 9.44.